The molecular formula is C15H15IN2O2. The van der Waals surface area contributed by atoms with Crippen LogP contribution in [-0.2, 0) is 6.54 Å². The molecule has 2 N–H and O–H groups in total. The molecule has 104 valence electrons. The number of ether oxygens (including phenoxy) is 1. The number of rotatable bonds is 4. The van der Waals surface area contributed by atoms with Gasteiger partial charge in [-0.05, 0) is 52.9 Å². The Morgan fingerprint density at radius 2 is 1.85 bits per heavy atom. The molecule has 0 saturated heterocycles. The van der Waals surface area contributed by atoms with Crippen molar-refractivity contribution in [1.82, 2.24) is 5.32 Å². The number of carbonyl (C=O) groups excluding carboxylic acids is 1. The van der Waals surface area contributed by atoms with Gasteiger partial charge in [-0.1, -0.05) is 18.2 Å². The molecule has 0 bridgehead atoms. The van der Waals surface area contributed by atoms with Crippen LogP contribution in [0.2, 0.25) is 0 Å². The van der Waals surface area contributed by atoms with Gasteiger partial charge in [0.05, 0.1) is 7.11 Å². The summed E-state index contributed by atoms with van der Waals surface area (Å²) in [4.78, 5) is 11.8. The van der Waals surface area contributed by atoms with E-state index < -0.39 is 0 Å². The zero-order valence-electron chi connectivity index (χ0n) is 11.0. The van der Waals surface area contributed by atoms with Crippen LogP contribution in [0, 0.1) is 3.57 Å². The predicted molar refractivity (Wildman–Crippen MR) is 88.0 cm³/mol. The van der Waals surface area contributed by atoms with Crippen LogP contribution < -0.4 is 15.4 Å². The molecule has 0 aromatic heterocycles. The van der Waals surface area contributed by atoms with E-state index in [1.807, 2.05) is 48.5 Å². The van der Waals surface area contributed by atoms with E-state index in [-0.39, 0.29) is 6.03 Å². The highest BCUT2D eigenvalue weighted by Gasteiger charge is 2.05. The number of amides is 2. The first kappa shape index (κ1) is 14.6. The van der Waals surface area contributed by atoms with Gasteiger partial charge in [-0.3, -0.25) is 0 Å². The lowest BCUT2D eigenvalue weighted by molar-refractivity contribution is 0.251. The molecule has 0 aliphatic rings. The first-order chi connectivity index (χ1) is 9.69. The second-order valence-electron chi connectivity index (χ2n) is 4.13. The van der Waals surface area contributed by atoms with Crippen LogP contribution in [0.25, 0.3) is 0 Å². The first-order valence-electron chi connectivity index (χ1n) is 6.11. The maximum atomic E-state index is 11.8. The Hall–Kier alpha value is -1.76. The van der Waals surface area contributed by atoms with Crippen molar-refractivity contribution >= 4 is 34.3 Å². The van der Waals surface area contributed by atoms with Crippen molar-refractivity contribution in [2.75, 3.05) is 12.4 Å². The van der Waals surface area contributed by atoms with Gasteiger partial charge in [-0.25, -0.2) is 4.79 Å². The summed E-state index contributed by atoms with van der Waals surface area (Å²) in [7, 11) is 1.62. The van der Waals surface area contributed by atoms with Crippen molar-refractivity contribution in [3.05, 3.63) is 57.7 Å². The second kappa shape index (κ2) is 7.14. The molecule has 2 rings (SSSR count). The molecule has 0 atom stereocenters. The molecule has 0 aliphatic carbocycles. The molecule has 0 radical (unpaired) electrons. The third kappa shape index (κ3) is 4.12. The summed E-state index contributed by atoms with van der Waals surface area (Å²) < 4.78 is 6.36. The third-order valence-corrected chi connectivity index (χ3v) is 3.45. The second-order valence-corrected chi connectivity index (χ2v) is 5.37. The lowest BCUT2D eigenvalue weighted by Gasteiger charge is -2.10. The summed E-state index contributed by atoms with van der Waals surface area (Å²) in [6, 6.07) is 15.0. The number of hydrogen-bond donors (Lipinski definition) is 2. The highest BCUT2D eigenvalue weighted by molar-refractivity contribution is 14.1. The number of nitrogens with one attached hydrogen (secondary N) is 2. The van der Waals surface area contributed by atoms with Crippen LogP contribution in [0.4, 0.5) is 10.5 Å². The normalized spacial score (nSPS) is 9.90. The Morgan fingerprint density at radius 3 is 2.55 bits per heavy atom. The number of carbonyl (C=O) groups is 1. The van der Waals surface area contributed by atoms with Crippen molar-refractivity contribution in [3.8, 4) is 5.75 Å². The summed E-state index contributed by atoms with van der Waals surface area (Å²) in [6.07, 6.45) is 0. The van der Waals surface area contributed by atoms with Crippen LogP contribution in [0.3, 0.4) is 0 Å². The molecular weight excluding hydrogens is 367 g/mol. The zero-order chi connectivity index (χ0) is 14.4. The van der Waals surface area contributed by atoms with Crippen molar-refractivity contribution in [1.29, 1.82) is 0 Å². The van der Waals surface area contributed by atoms with E-state index in [0.29, 0.717) is 6.54 Å². The molecule has 0 aliphatic heterocycles. The Kier molecular flexibility index (Phi) is 5.23. The highest BCUT2D eigenvalue weighted by atomic mass is 127. The fraction of sp³-hybridized carbons (Fsp3) is 0.133. The van der Waals surface area contributed by atoms with Gasteiger partial charge < -0.3 is 15.4 Å². The van der Waals surface area contributed by atoms with Crippen molar-refractivity contribution in [2.24, 2.45) is 0 Å². The van der Waals surface area contributed by atoms with Gasteiger partial charge in [-0.2, -0.15) is 0 Å². The molecule has 0 saturated carbocycles. The third-order valence-electron chi connectivity index (χ3n) is 2.73. The topological polar surface area (TPSA) is 50.4 Å². The maximum absolute atomic E-state index is 11.8. The summed E-state index contributed by atoms with van der Waals surface area (Å²) in [5.74, 6) is 0.766. The highest BCUT2D eigenvalue weighted by Crippen LogP contribution is 2.16. The van der Waals surface area contributed by atoms with E-state index in [2.05, 4.69) is 33.2 Å². The Morgan fingerprint density at radius 1 is 1.15 bits per heavy atom. The smallest absolute Gasteiger partial charge is 0.319 e. The molecule has 4 nitrogen and oxygen atoms in total. The van der Waals surface area contributed by atoms with Gasteiger partial charge in [0.15, 0.2) is 0 Å². The van der Waals surface area contributed by atoms with Crippen molar-refractivity contribution < 1.29 is 9.53 Å². The van der Waals surface area contributed by atoms with Crippen LogP contribution in [0.1, 0.15) is 5.56 Å². The number of halogens is 1. The number of urea groups is 1. The summed E-state index contributed by atoms with van der Waals surface area (Å²) in [5.41, 5.74) is 1.70. The maximum Gasteiger partial charge on any atom is 0.319 e. The summed E-state index contributed by atoms with van der Waals surface area (Å²) >= 11 is 2.22. The monoisotopic (exact) mass is 382 g/mol. The van der Waals surface area contributed by atoms with Crippen LogP contribution in [0.15, 0.2) is 48.5 Å². The largest absolute Gasteiger partial charge is 0.496 e. The molecule has 0 fully saturated rings. The average molecular weight is 382 g/mol. The Labute approximate surface area is 131 Å². The Bertz CT molecular complexity index is 585. The van der Waals surface area contributed by atoms with E-state index in [1.165, 1.54) is 0 Å². The quantitative estimate of drug-likeness (QED) is 0.794. The Balaban J connectivity index is 1.90. The lowest BCUT2D eigenvalue weighted by atomic mass is 10.2. The van der Waals surface area contributed by atoms with Crippen LogP contribution in [-0.4, -0.2) is 13.1 Å². The molecule has 2 amide bonds. The molecule has 0 heterocycles. The number of hydrogen-bond acceptors (Lipinski definition) is 2. The van der Waals surface area contributed by atoms with Crippen LogP contribution in [0.5, 0.6) is 5.75 Å². The standard InChI is InChI=1S/C15H15IN2O2/c1-20-14-5-3-2-4-11(14)10-17-15(19)18-13-8-6-12(16)7-9-13/h2-9H,10H2,1H3,(H2,17,18,19). The minimum atomic E-state index is -0.239. The van der Waals surface area contributed by atoms with E-state index in [1.54, 1.807) is 7.11 Å². The van der Waals surface area contributed by atoms with Gasteiger partial charge in [0.25, 0.3) is 0 Å². The first-order valence-corrected chi connectivity index (χ1v) is 7.19. The number of anilines is 1. The lowest BCUT2D eigenvalue weighted by Crippen LogP contribution is -2.28. The minimum Gasteiger partial charge on any atom is -0.496 e. The molecule has 20 heavy (non-hydrogen) atoms. The summed E-state index contributed by atoms with van der Waals surface area (Å²) in [6.45, 7) is 0.417. The van der Waals surface area contributed by atoms with E-state index in [0.717, 1.165) is 20.6 Å². The molecule has 5 heteroatoms. The molecule has 0 unspecified atom stereocenters. The van der Waals surface area contributed by atoms with Gasteiger partial charge in [-0.15, -0.1) is 0 Å². The van der Waals surface area contributed by atoms with Gasteiger partial charge in [0.1, 0.15) is 5.75 Å². The number of para-hydroxylation sites is 1. The molecule has 2 aromatic carbocycles. The minimum absolute atomic E-state index is 0.239. The molecule has 2 aromatic rings. The predicted octanol–water partition coefficient (Wildman–Crippen LogP) is 3.62. The van der Waals surface area contributed by atoms with Crippen molar-refractivity contribution in [3.63, 3.8) is 0 Å². The van der Waals surface area contributed by atoms with E-state index >= 15 is 0 Å². The average Bonchev–Trinajstić information content (AvgIpc) is 2.48. The van der Waals surface area contributed by atoms with Crippen molar-refractivity contribution in [2.45, 2.75) is 6.54 Å². The van der Waals surface area contributed by atoms with E-state index in [9.17, 15) is 4.79 Å². The SMILES string of the molecule is COc1ccccc1CNC(=O)Nc1ccc(I)cc1. The number of methoxy groups -OCH3 is 1. The fourth-order valence-electron chi connectivity index (χ4n) is 1.73. The summed E-state index contributed by atoms with van der Waals surface area (Å²) in [5, 5.41) is 5.59. The molecule has 0 spiro atoms. The van der Waals surface area contributed by atoms with Gasteiger partial charge >= 0.3 is 6.03 Å². The zero-order valence-corrected chi connectivity index (χ0v) is 13.2. The fourth-order valence-corrected chi connectivity index (χ4v) is 2.09. The van der Waals surface area contributed by atoms with Gasteiger partial charge in [0.2, 0.25) is 0 Å². The van der Waals surface area contributed by atoms with Gasteiger partial charge in [0, 0.05) is 21.4 Å². The number of benzene rings is 2. The van der Waals surface area contributed by atoms with Crippen LogP contribution >= 0.6 is 22.6 Å². The van der Waals surface area contributed by atoms with E-state index in [4.69, 9.17) is 4.74 Å².